The van der Waals surface area contributed by atoms with Crippen molar-refractivity contribution in [1.82, 2.24) is 9.80 Å². The van der Waals surface area contributed by atoms with Crippen molar-refractivity contribution in [2.75, 3.05) is 32.1 Å². The summed E-state index contributed by atoms with van der Waals surface area (Å²) in [6.07, 6.45) is 0. The van der Waals surface area contributed by atoms with Crippen LogP contribution in [0.25, 0.3) is 0 Å². The number of methoxy groups -OCH3 is 1. The first kappa shape index (κ1) is 23.5. The van der Waals surface area contributed by atoms with E-state index in [1.807, 2.05) is 66.7 Å². The molecule has 7 heteroatoms. The highest BCUT2D eigenvalue weighted by Crippen LogP contribution is 2.43. The summed E-state index contributed by atoms with van der Waals surface area (Å²) in [7, 11) is 1.54. The Morgan fingerprint density at radius 2 is 1.67 bits per heavy atom. The molecule has 2 N–H and O–H groups in total. The topological polar surface area (TPSA) is 82.1 Å². The van der Waals surface area contributed by atoms with Crippen molar-refractivity contribution >= 4 is 17.6 Å². The van der Waals surface area contributed by atoms with Crippen molar-refractivity contribution in [3.63, 3.8) is 0 Å². The maximum atomic E-state index is 13.0. The van der Waals surface area contributed by atoms with E-state index in [-0.39, 0.29) is 43.1 Å². The number of anilines is 1. The second-order valence-electron chi connectivity index (χ2n) is 8.89. The monoisotopic (exact) mass is 481 g/mol. The van der Waals surface area contributed by atoms with E-state index in [9.17, 15) is 14.7 Å². The predicted octanol–water partition coefficient (Wildman–Crippen LogP) is 3.30. The fraction of sp³-hybridized carbons (Fsp3) is 0.241. The molecule has 0 aromatic heterocycles. The van der Waals surface area contributed by atoms with Gasteiger partial charge in [0.25, 0.3) is 0 Å². The molecule has 5 rings (SSSR count). The zero-order valence-corrected chi connectivity index (χ0v) is 19.9. The van der Waals surface area contributed by atoms with Crippen LogP contribution in [-0.4, -0.2) is 65.7 Å². The van der Waals surface area contributed by atoms with E-state index >= 15 is 0 Å². The number of piperazine rings is 1. The number of rotatable bonds is 4. The SMILES string of the molecule is COc1ccccc1NC(=O)N1CC(=O)N2[C@H](CO)[C@H](c3ccc(C#Cc4ccccc4)cc3)[C@H]2C1. The maximum Gasteiger partial charge on any atom is 0.322 e. The summed E-state index contributed by atoms with van der Waals surface area (Å²) in [6, 6.07) is 24.0. The van der Waals surface area contributed by atoms with Gasteiger partial charge < -0.3 is 25.0 Å². The van der Waals surface area contributed by atoms with Crippen LogP contribution in [-0.2, 0) is 4.79 Å². The summed E-state index contributed by atoms with van der Waals surface area (Å²) >= 11 is 0. The average Bonchev–Trinajstić information content (AvgIpc) is 2.90. The first-order valence-electron chi connectivity index (χ1n) is 11.9. The van der Waals surface area contributed by atoms with Crippen LogP contribution in [0.5, 0.6) is 5.75 Å². The van der Waals surface area contributed by atoms with Gasteiger partial charge >= 0.3 is 6.03 Å². The number of benzene rings is 3. The van der Waals surface area contributed by atoms with Crippen LogP contribution in [0.4, 0.5) is 10.5 Å². The quantitative estimate of drug-likeness (QED) is 0.561. The third-order valence-corrected chi connectivity index (χ3v) is 6.81. The number of fused-ring (bicyclic) bond motifs is 1. The molecule has 0 bridgehead atoms. The van der Waals surface area contributed by atoms with Gasteiger partial charge in [-0.1, -0.05) is 54.3 Å². The summed E-state index contributed by atoms with van der Waals surface area (Å²) in [5.41, 5.74) is 3.39. The van der Waals surface area contributed by atoms with Crippen LogP contribution in [0.2, 0.25) is 0 Å². The normalized spacial score (nSPS) is 20.5. The molecular formula is C29H27N3O4. The van der Waals surface area contributed by atoms with Crippen molar-refractivity contribution in [2.45, 2.75) is 18.0 Å². The lowest BCUT2D eigenvalue weighted by Crippen LogP contribution is -2.73. The lowest BCUT2D eigenvalue weighted by molar-refractivity contribution is -0.159. The highest BCUT2D eigenvalue weighted by atomic mass is 16.5. The number of urea groups is 1. The number of ether oxygens (including phenoxy) is 1. The molecule has 2 heterocycles. The van der Waals surface area contributed by atoms with Gasteiger partial charge in [-0.3, -0.25) is 4.79 Å². The van der Waals surface area contributed by atoms with Crippen molar-refractivity contribution in [3.05, 3.63) is 95.6 Å². The summed E-state index contributed by atoms with van der Waals surface area (Å²) in [5, 5.41) is 12.9. The van der Waals surface area contributed by atoms with Gasteiger partial charge in [0.15, 0.2) is 0 Å². The minimum atomic E-state index is -0.356. The minimum Gasteiger partial charge on any atom is -0.495 e. The maximum absolute atomic E-state index is 13.0. The molecule has 3 aromatic rings. The van der Waals surface area contributed by atoms with E-state index in [1.54, 1.807) is 24.1 Å². The fourth-order valence-corrected chi connectivity index (χ4v) is 5.05. The Hall–Kier alpha value is -4.28. The molecule has 2 fully saturated rings. The second-order valence-corrected chi connectivity index (χ2v) is 8.89. The van der Waals surface area contributed by atoms with Gasteiger partial charge in [0, 0.05) is 23.6 Å². The zero-order chi connectivity index (χ0) is 25.1. The smallest absolute Gasteiger partial charge is 0.322 e. The molecule has 2 aliphatic rings. The van der Waals surface area contributed by atoms with E-state index in [0.717, 1.165) is 16.7 Å². The molecule has 2 aliphatic heterocycles. The zero-order valence-electron chi connectivity index (χ0n) is 19.9. The average molecular weight is 482 g/mol. The van der Waals surface area contributed by atoms with Crippen LogP contribution in [0.3, 0.4) is 0 Å². The van der Waals surface area contributed by atoms with Crippen LogP contribution in [0.15, 0.2) is 78.9 Å². The Morgan fingerprint density at radius 3 is 2.36 bits per heavy atom. The summed E-state index contributed by atoms with van der Waals surface area (Å²) < 4.78 is 5.31. The highest BCUT2D eigenvalue weighted by Gasteiger charge is 2.54. The number of carbonyl (C=O) groups excluding carboxylic acids is 2. The Kier molecular flexibility index (Phi) is 6.61. The molecule has 0 radical (unpaired) electrons. The number of carbonyl (C=O) groups is 2. The third-order valence-electron chi connectivity index (χ3n) is 6.81. The van der Waals surface area contributed by atoms with Crippen molar-refractivity contribution < 1.29 is 19.4 Å². The molecular weight excluding hydrogens is 454 g/mol. The Labute approximate surface area is 210 Å². The van der Waals surface area contributed by atoms with E-state index in [2.05, 4.69) is 17.2 Å². The van der Waals surface area contributed by atoms with Crippen molar-refractivity contribution in [1.29, 1.82) is 0 Å². The number of para-hydroxylation sites is 2. The minimum absolute atomic E-state index is 0.0330. The molecule has 7 nitrogen and oxygen atoms in total. The van der Waals surface area contributed by atoms with Crippen LogP contribution < -0.4 is 10.1 Å². The summed E-state index contributed by atoms with van der Waals surface area (Å²) in [5.74, 6) is 6.64. The predicted molar refractivity (Wildman–Crippen MR) is 137 cm³/mol. The highest BCUT2D eigenvalue weighted by molar-refractivity contribution is 5.94. The number of aliphatic hydroxyl groups is 1. The lowest BCUT2D eigenvalue weighted by atomic mass is 9.73. The number of hydrogen-bond donors (Lipinski definition) is 2. The van der Waals surface area contributed by atoms with Gasteiger partial charge in [0.2, 0.25) is 5.91 Å². The summed E-state index contributed by atoms with van der Waals surface area (Å²) in [6.45, 7) is 0.216. The Morgan fingerprint density at radius 1 is 1.00 bits per heavy atom. The molecule has 0 aliphatic carbocycles. The molecule has 3 aromatic carbocycles. The van der Waals surface area contributed by atoms with Crippen molar-refractivity contribution in [2.24, 2.45) is 0 Å². The molecule has 182 valence electrons. The van der Waals surface area contributed by atoms with E-state index in [1.165, 1.54) is 4.90 Å². The first-order chi connectivity index (χ1) is 17.6. The van der Waals surface area contributed by atoms with Crippen LogP contribution >= 0.6 is 0 Å². The van der Waals surface area contributed by atoms with Gasteiger partial charge in [-0.25, -0.2) is 4.79 Å². The largest absolute Gasteiger partial charge is 0.495 e. The molecule has 36 heavy (non-hydrogen) atoms. The molecule has 0 unspecified atom stereocenters. The van der Waals surface area contributed by atoms with Gasteiger partial charge in [-0.15, -0.1) is 0 Å². The molecule has 3 amide bonds. The molecule has 3 atom stereocenters. The molecule has 0 saturated carbocycles. The van der Waals surface area contributed by atoms with Crippen LogP contribution in [0, 0.1) is 11.8 Å². The molecule has 2 saturated heterocycles. The number of aliphatic hydroxyl groups excluding tert-OH is 1. The van der Waals surface area contributed by atoms with Crippen LogP contribution in [0.1, 0.15) is 22.6 Å². The summed E-state index contributed by atoms with van der Waals surface area (Å²) in [4.78, 5) is 29.2. The van der Waals surface area contributed by atoms with E-state index < -0.39 is 0 Å². The Balaban J connectivity index is 1.31. The fourth-order valence-electron chi connectivity index (χ4n) is 5.05. The van der Waals surface area contributed by atoms with E-state index in [0.29, 0.717) is 18.0 Å². The van der Waals surface area contributed by atoms with Gasteiger partial charge in [0.1, 0.15) is 12.3 Å². The third kappa shape index (κ3) is 4.51. The number of nitrogens with zero attached hydrogens (tertiary/aromatic N) is 2. The standard InChI is InChI=1S/C29H27N3O4/c1-36-26-10-6-5-9-23(26)30-29(35)31-17-24-28(25(19-33)32(24)27(34)18-31)22-15-13-21(14-16-22)12-11-20-7-3-2-4-8-20/h2-10,13-16,24-25,28,33H,17-19H2,1H3,(H,30,35)/t24-,25-,28-/m1/s1. The number of hydrogen-bond acceptors (Lipinski definition) is 4. The van der Waals surface area contributed by atoms with Crippen molar-refractivity contribution in [3.8, 4) is 17.6 Å². The van der Waals surface area contributed by atoms with Gasteiger partial charge in [-0.2, -0.15) is 0 Å². The van der Waals surface area contributed by atoms with E-state index in [4.69, 9.17) is 4.74 Å². The first-order valence-corrected chi connectivity index (χ1v) is 11.9. The second kappa shape index (κ2) is 10.1. The lowest BCUT2D eigenvalue weighted by Gasteiger charge is -2.58. The molecule has 0 spiro atoms. The number of amides is 3. The van der Waals surface area contributed by atoms with Gasteiger partial charge in [-0.05, 0) is 42.0 Å². The Bertz CT molecular complexity index is 1310. The van der Waals surface area contributed by atoms with Gasteiger partial charge in [0.05, 0.1) is 31.5 Å². The number of nitrogens with one attached hydrogen (secondary N) is 1.